The minimum absolute atomic E-state index is 0.0637. The molecule has 6 nitrogen and oxygen atoms in total. The molecule has 3 rings (SSSR count). The van der Waals surface area contributed by atoms with Crippen LogP contribution in [0.5, 0.6) is 0 Å². The van der Waals surface area contributed by atoms with Crippen LogP contribution >= 0.6 is 0 Å². The molecule has 0 aromatic heterocycles. The average Bonchev–Trinajstić information content (AvgIpc) is 2.92. The Kier molecular flexibility index (Phi) is 3.05. The summed E-state index contributed by atoms with van der Waals surface area (Å²) in [4.78, 5) is 26.7. The number of anilines is 2. The number of ketones is 1. The minimum Gasteiger partial charge on any atom is -0.370 e. The van der Waals surface area contributed by atoms with Gasteiger partial charge in [0, 0.05) is 25.8 Å². The highest BCUT2D eigenvalue weighted by Crippen LogP contribution is 2.33. The number of carbonyl (C=O) groups excluding carboxylic acids is 2. The zero-order valence-electron chi connectivity index (χ0n) is 11.9. The third-order valence-corrected chi connectivity index (χ3v) is 6.00. The van der Waals surface area contributed by atoms with Crippen LogP contribution < -0.4 is 9.80 Å². The summed E-state index contributed by atoms with van der Waals surface area (Å²) in [5.41, 5.74) is 1.79. The zero-order chi connectivity index (χ0) is 15.4. The van der Waals surface area contributed by atoms with Gasteiger partial charge in [0.15, 0.2) is 9.84 Å². The highest BCUT2D eigenvalue weighted by atomic mass is 32.2. The van der Waals surface area contributed by atoms with Gasteiger partial charge in [0.05, 0.1) is 22.8 Å². The van der Waals surface area contributed by atoms with Crippen molar-refractivity contribution >= 4 is 32.9 Å². The van der Waals surface area contributed by atoms with E-state index in [2.05, 4.69) is 0 Å². The highest BCUT2D eigenvalue weighted by molar-refractivity contribution is 7.91. The van der Waals surface area contributed by atoms with E-state index in [1.807, 2.05) is 11.9 Å². The number of likely N-dealkylation sites (N-methyl/N-ethyl adjacent to an activating group) is 1. The molecule has 1 atom stereocenters. The molecule has 0 aliphatic carbocycles. The Bertz CT molecular complexity index is 741. The molecule has 1 aromatic rings. The monoisotopic (exact) mass is 308 g/mol. The number of amides is 1. The van der Waals surface area contributed by atoms with E-state index in [1.165, 1.54) is 4.90 Å². The molecule has 0 saturated carbocycles. The molecular weight excluding hydrogens is 292 g/mol. The summed E-state index contributed by atoms with van der Waals surface area (Å²) in [6, 6.07) is 5.09. The number of hydrogen-bond donors (Lipinski definition) is 0. The van der Waals surface area contributed by atoms with Crippen molar-refractivity contribution in [2.45, 2.75) is 12.5 Å². The first-order valence-corrected chi connectivity index (χ1v) is 8.52. The van der Waals surface area contributed by atoms with E-state index in [4.69, 9.17) is 0 Å². The topological polar surface area (TPSA) is 74.8 Å². The number of hydrogen-bond acceptors (Lipinski definition) is 5. The van der Waals surface area contributed by atoms with Crippen molar-refractivity contribution in [1.82, 2.24) is 0 Å². The van der Waals surface area contributed by atoms with Gasteiger partial charge in [-0.05, 0) is 24.6 Å². The molecule has 1 amide bonds. The largest absolute Gasteiger partial charge is 0.370 e. The maximum Gasteiger partial charge on any atom is 0.299 e. The molecular formula is C14H16N2O4S. The van der Waals surface area contributed by atoms with E-state index in [0.29, 0.717) is 17.7 Å². The summed E-state index contributed by atoms with van der Waals surface area (Å²) in [6.07, 6.45) is 0.601. The first-order chi connectivity index (χ1) is 9.80. The number of carbonyl (C=O) groups is 2. The summed E-state index contributed by atoms with van der Waals surface area (Å²) in [5, 5.41) is 0. The Morgan fingerprint density at radius 3 is 2.62 bits per heavy atom. The van der Waals surface area contributed by atoms with E-state index in [1.54, 1.807) is 25.2 Å². The second-order valence-corrected chi connectivity index (χ2v) is 7.79. The third kappa shape index (κ3) is 2.21. The van der Waals surface area contributed by atoms with Gasteiger partial charge in [-0.3, -0.25) is 9.59 Å². The molecule has 2 aliphatic heterocycles. The average molecular weight is 308 g/mol. The fourth-order valence-corrected chi connectivity index (χ4v) is 4.65. The normalized spacial score (nSPS) is 23.5. The second-order valence-electron chi connectivity index (χ2n) is 5.56. The predicted octanol–water partition coefficient (Wildman–Crippen LogP) is 0.469. The maximum absolute atomic E-state index is 11.7. The number of fused-ring (bicyclic) bond motifs is 1. The lowest BCUT2D eigenvalue weighted by atomic mass is 10.1. The van der Waals surface area contributed by atoms with Gasteiger partial charge < -0.3 is 9.80 Å². The Hall–Kier alpha value is -1.89. The van der Waals surface area contributed by atoms with Crippen LogP contribution in [0.15, 0.2) is 18.2 Å². The fraction of sp³-hybridized carbons (Fsp3) is 0.429. The molecule has 0 bridgehead atoms. The molecule has 112 valence electrons. The minimum atomic E-state index is -2.95. The van der Waals surface area contributed by atoms with Gasteiger partial charge >= 0.3 is 0 Å². The molecule has 0 spiro atoms. The van der Waals surface area contributed by atoms with Gasteiger partial charge in [0.25, 0.3) is 11.7 Å². The molecule has 0 N–H and O–H groups in total. The molecule has 1 aromatic carbocycles. The van der Waals surface area contributed by atoms with Crippen LogP contribution in [0.4, 0.5) is 11.4 Å². The quantitative estimate of drug-likeness (QED) is 0.742. The van der Waals surface area contributed by atoms with E-state index >= 15 is 0 Å². The Morgan fingerprint density at radius 1 is 1.29 bits per heavy atom. The van der Waals surface area contributed by atoms with Crippen molar-refractivity contribution in [2.24, 2.45) is 0 Å². The molecule has 1 fully saturated rings. The Labute approximate surface area is 123 Å². The number of Topliss-reactive ketones (excluding diaryl/α,β-unsaturated/α-hetero) is 1. The van der Waals surface area contributed by atoms with Gasteiger partial charge in [-0.15, -0.1) is 0 Å². The smallest absolute Gasteiger partial charge is 0.299 e. The molecule has 1 saturated heterocycles. The second kappa shape index (κ2) is 4.56. The predicted molar refractivity (Wildman–Crippen MR) is 79.6 cm³/mol. The summed E-state index contributed by atoms with van der Waals surface area (Å²) >= 11 is 0. The van der Waals surface area contributed by atoms with Crippen molar-refractivity contribution < 1.29 is 18.0 Å². The van der Waals surface area contributed by atoms with Crippen LogP contribution in [0.25, 0.3) is 0 Å². The van der Waals surface area contributed by atoms with Gasteiger partial charge in [-0.25, -0.2) is 8.42 Å². The van der Waals surface area contributed by atoms with Crippen LogP contribution in [0.2, 0.25) is 0 Å². The molecule has 2 heterocycles. The lowest BCUT2D eigenvalue weighted by Crippen LogP contribution is -2.32. The fourth-order valence-electron chi connectivity index (χ4n) is 2.88. The van der Waals surface area contributed by atoms with Crippen molar-refractivity contribution in [1.29, 1.82) is 0 Å². The van der Waals surface area contributed by atoms with E-state index in [9.17, 15) is 18.0 Å². The van der Waals surface area contributed by atoms with Crippen LogP contribution in [-0.4, -0.2) is 51.8 Å². The molecule has 0 radical (unpaired) electrons. The van der Waals surface area contributed by atoms with Crippen LogP contribution in [0.3, 0.4) is 0 Å². The number of rotatable bonds is 2. The van der Waals surface area contributed by atoms with Crippen LogP contribution in [0, 0.1) is 0 Å². The number of benzene rings is 1. The van der Waals surface area contributed by atoms with E-state index in [0.717, 1.165) is 5.69 Å². The molecule has 2 aliphatic rings. The number of nitrogens with zero attached hydrogens (tertiary/aromatic N) is 2. The third-order valence-electron chi connectivity index (χ3n) is 4.25. The van der Waals surface area contributed by atoms with Crippen LogP contribution in [0.1, 0.15) is 16.8 Å². The summed E-state index contributed by atoms with van der Waals surface area (Å²) < 4.78 is 23.2. The van der Waals surface area contributed by atoms with Crippen molar-refractivity contribution in [3.05, 3.63) is 23.8 Å². The van der Waals surface area contributed by atoms with Crippen molar-refractivity contribution in [2.75, 3.05) is 35.4 Å². The first kappa shape index (κ1) is 14.1. The Balaban J connectivity index is 1.92. The molecule has 21 heavy (non-hydrogen) atoms. The summed E-state index contributed by atoms with van der Waals surface area (Å²) in [7, 11) is 0.456. The zero-order valence-corrected chi connectivity index (χ0v) is 12.7. The van der Waals surface area contributed by atoms with E-state index in [-0.39, 0.29) is 17.5 Å². The lowest BCUT2D eigenvalue weighted by molar-refractivity contribution is -0.114. The SMILES string of the molecule is CN1C(=O)C(=O)c2ccc(N(C)C3CCS(=O)(=O)C3)cc21. The highest BCUT2D eigenvalue weighted by Gasteiger charge is 2.35. The van der Waals surface area contributed by atoms with Crippen LogP contribution in [-0.2, 0) is 14.6 Å². The molecule has 7 heteroatoms. The standard InChI is InChI=1S/C14H16N2O4S/c1-15(10-5-6-21(19,20)8-10)9-3-4-11-12(7-9)16(2)14(18)13(11)17/h3-4,7,10H,5-6,8H2,1-2H3. The first-order valence-electron chi connectivity index (χ1n) is 6.70. The summed E-state index contributed by atoms with van der Waals surface area (Å²) in [6.45, 7) is 0. The van der Waals surface area contributed by atoms with Gasteiger partial charge in [-0.2, -0.15) is 0 Å². The maximum atomic E-state index is 11.7. The lowest BCUT2D eigenvalue weighted by Gasteiger charge is -2.26. The Morgan fingerprint density at radius 2 is 2.00 bits per heavy atom. The van der Waals surface area contributed by atoms with Crippen molar-refractivity contribution in [3.8, 4) is 0 Å². The van der Waals surface area contributed by atoms with Gasteiger partial charge in [0.1, 0.15) is 0 Å². The summed E-state index contributed by atoms with van der Waals surface area (Å²) in [5.74, 6) is -0.670. The van der Waals surface area contributed by atoms with Gasteiger partial charge in [-0.1, -0.05) is 0 Å². The van der Waals surface area contributed by atoms with E-state index < -0.39 is 21.5 Å². The van der Waals surface area contributed by atoms with Gasteiger partial charge in [0.2, 0.25) is 0 Å². The van der Waals surface area contributed by atoms with Crippen molar-refractivity contribution in [3.63, 3.8) is 0 Å². The molecule has 1 unspecified atom stereocenters. The number of sulfone groups is 1.